The maximum atomic E-state index is 6.13. The van der Waals surface area contributed by atoms with Crippen molar-refractivity contribution in [2.75, 3.05) is 6.26 Å². The summed E-state index contributed by atoms with van der Waals surface area (Å²) in [4.78, 5) is 1.30. The Bertz CT molecular complexity index is 268. The topological polar surface area (TPSA) is 26.0 Å². The average Bonchev–Trinajstić information content (AvgIpc) is 2.27. The van der Waals surface area contributed by atoms with Gasteiger partial charge in [-0.15, -0.1) is 11.8 Å². The molecular formula is C12H19NS. The van der Waals surface area contributed by atoms with E-state index in [9.17, 15) is 0 Å². The third-order valence-electron chi connectivity index (χ3n) is 2.76. The molecule has 1 nitrogen and oxygen atoms in total. The van der Waals surface area contributed by atoms with Gasteiger partial charge in [0.05, 0.1) is 0 Å². The van der Waals surface area contributed by atoms with Crippen molar-refractivity contribution in [2.24, 2.45) is 11.7 Å². The zero-order chi connectivity index (χ0) is 10.6. The normalized spacial score (nSPS) is 15.1. The minimum absolute atomic E-state index is 0.177. The van der Waals surface area contributed by atoms with E-state index in [4.69, 9.17) is 5.73 Å². The summed E-state index contributed by atoms with van der Waals surface area (Å²) in [5.74, 6) is 0.551. The van der Waals surface area contributed by atoms with E-state index in [1.807, 2.05) is 0 Å². The highest BCUT2D eigenvalue weighted by Crippen LogP contribution is 2.23. The number of thioether (sulfide) groups is 1. The molecule has 1 unspecified atom stereocenters. The van der Waals surface area contributed by atoms with Crippen LogP contribution in [0.5, 0.6) is 0 Å². The van der Waals surface area contributed by atoms with Crippen LogP contribution in [0, 0.1) is 5.92 Å². The first-order valence-corrected chi connectivity index (χ1v) is 6.31. The molecule has 0 aliphatic rings. The lowest BCUT2D eigenvalue weighted by molar-refractivity contribution is 0.456. The number of benzene rings is 1. The third kappa shape index (κ3) is 2.76. The van der Waals surface area contributed by atoms with Crippen LogP contribution >= 0.6 is 11.8 Å². The van der Waals surface area contributed by atoms with E-state index < -0.39 is 0 Å². The summed E-state index contributed by atoms with van der Waals surface area (Å²) in [5.41, 5.74) is 7.38. The van der Waals surface area contributed by atoms with Crippen LogP contribution in [0.1, 0.15) is 31.9 Å². The van der Waals surface area contributed by atoms with Gasteiger partial charge < -0.3 is 5.73 Å². The van der Waals surface area contributed by atoms with Crippen molar-refractivity contribution in [2.45, 2.75) is 31.2 Å². The van der Waals surface area contributed by atoms with Crippen LogP contribution in [0.3, 0.4) is 0 Å². The zero-order valence-corrected chi connectivity index (χ0v) is 9.97. The van der Waals surface area contributed by atoms with Crippen molar-refractivity contribution in [3.05, 3.63) is 29.8 Å². The number of nitrogens with two attached hydrogens (primary N) is 1. The molecule has 0 bridgehead atoms. The smallest absolute Gasteiger partial charge is 0.0320 e. The van der Waals surface area contributed by atoms with Gasteiger partial charge in [0, 0.05) is 10.9 Å². The molecule has 78 valence electrons. The minimum atomic E-state index is 0.177. The van der Waals surface area contributed by atoms with E-state index in [0.717, 1.165) is 6.42 Å². The largest absolute Gasteiger partial charge is 0.324 e. The number of hydrogen-bond acceptors (Lipinski definition) is 2. The molecule has 0 heterocycles. The Kier molecular flexibility index (Phi) is 4.49. The van der Waals surface area contributed by atoms with Gasteiger partial charge in [0.25, 0.3) is 0 Å². The quantitative estimate of drug-likeness (QED) is 0.769. The Morgan fingerprint density at radius 3 is 2.29 bits per heavy atom. The zero-order valence-electron chi connectivity index (χ0n) is 9.16. The Morgan fingerprint density at radius 1 is 1.29 bits per heavy atom. The number of rotatable bonds is 4. The van der Waals surface area contributed by atoms with Crippen molar-refractivity contribution in [3.8, 4) is 0 Å². The maximum absolute atomic E-state index is 6.13. The van der Waals surface area contributed by atoms with Gasteiger partial charge in [-0.1, -0.05) is 32.4 Å². The first-order valence-electron chi connectivity index (χ1n) is 5.08. The lowest BCUT2D eigenvalue weighted by Gasteiger charge is -2.18. The standard InChI is InChI=1S/C12H19NS/c1-4-9(2)12(13)10-5-7-11(14-3)8-6-10/h5-9,12H,4,13H2,1-3H3/t9?,12-/m1/s1. The Balaban J connectivity index is 2.75. The van der Waals surface area contributed by atoms with Crippen LogP contribution in [0.15, 0.2) is 29.2 Å². The molecule has 2 atom stereocenters. The SMILES string of the molecule is CCC(C)[C@@H](N)c1ccc(SC)cc1. The fraction of sp³-hybridized carbons (Fsp3) is 0.500. The van der Waals surface area contributed by atoms with Gasteiger partial charge in [0.15, 0.2) is 0 Å². The summed E-state index contributed by atoms with van der Waals surface area (Å²) in [7, 11) is 0. The second kappa shape index (κ2) is 5.42. The molecule has 0 aliphatic heterocycles. The molecule has 2 heteroatoms. The van der Waals surface area contributed by atoms with Crippen molar-refractivity contribution in [1.29, 1.82) is 0 Å². The van der Waals surface area contributed by atoms with Gasteiger partial charge in [-0.2, -0.15) is 0 Å². The van der Waals surface area contributed by atoms with E-state index in [0.29, 0.717) is 5.92 Å². The molecule has 0 radical (unpaired) electrons. The molecule has 2 N–H and O–H groups in total. The summed E-state index contributed by atoms with van der Waals surface area (Å²) < 4.78 is 0. The van der Waals surface area contributed by atoms with E-state index in [1.165, 1.54) is 10.5 Å². The summed E-state index contributed by atoms with van der Waals surface area (Å²) in [6.45, 7) is 4.38. The van der Waals surface area contributed by atoms with Crippen molar-refractivity contribution >= 4 is 11.8 Å². The average molecular weight is 209 g/mol. The fourth-order valence-corrected chi connectivity index (χ4v) is 1.82. The molecule has 1 aromatic carbocycles. The highest BCUT2D eigenvalue weighted by Gasteiger charge is 2.12. The summed E-state index contributed by atoms with van der Waals surface area (Å²) in [6, 6.07) is 8.74. The van der Waals surface area contributed by atoms with E-state index in [-0.39, 0.29) is 6.04 Å². The first kappa shape index (κ1) is 11.6. The fourth-order valence-electron chi connectivity index (χ4n) is 1.41. The van der Waals surface area contributed by atoms with Gasteiger partial charge >= 0.3 is 0 Å². The van der Waals surface area contributed by atoms with Gasteiger partial charge in [-0.3, -0.25) is 0 Å². The molecule has 0 aliphatic carbocycles. The Labute approximate surface area is 91.1 Å². The minimum Gasteiger partial charge on any atom is -0.324 e. The Hall–Kier alpha value is -0.470. The molecule has 0 saturated carbocycles. The highest BCUT2D eigenvalue weighted by atomic mass is 32.2. The molecule has 0 amide bonds. The lowest BCUT2D eigenvalue weighted by Crippen LogP contribution is -2.18. The van der Waals surface area contributed by atoms with Gasteiger partial charge in [0.1, 0.15) is 0 Å². The molecule has 14 heavy (non-hydrogen) atoms. The van der Waals surface area contributed by atoms with Crippen LogP contribution < -0.4 is 5.73 Å². The van der Waals surface area contributed by atoms with E-state index >= 15 is 0 Å². The highest BCUT2D eigenvalue weighted by molar-refractivity contribution is 7.98. The molecule has 0 fully saturated rings. The molecular weight excluding hydrogens is 190 g/mol. The molecule has 1 aromatic rings. The number of hydrogen-bond donors (Lipinski definition) is 1. The maximum Gasteiger partial charge on any atom is 0.0320 e. The monoisotopic (exact) mass is 209 g/mol. The summed E-state index contributed by atoms with van der Waals surface area (Å²) in [5, 5.41) is 0. The predicted molar refractivity (Wildman–Crippen MR) is 64.6 cm³/mol. The van der Waals surface area contributed by atoms with Crippen LogP contribution in [0.2, 0.25) is 0 Å². The first-order chi connectivity index (χ1) is 6.69. The summed E-state index contributed by atoms with van der Waals surface area (Å²) in [6.07, 6.45) is 3.22. The third-order valence-corrected chi connectivity index (χ3v) is 3.50. The van der Waals surface area contributed by atoms with Crippen LogP contribution in [-0.2, 0) is 0 Å². The van der Waals surface area contributed by atoms with Gasteiger partial charge in [-0.25, -0.2) is 0 Å². The lowest BCUT2D eigenvalue weighted by atomic mass is 9.93. The van der Waals surface area contributed by atoms with Crippen LogP contribution in [0.25, 0.3) is 0 Å². The van der Waals surface area contributed by atoms with E-state index in [1.54, 1.807) is 11.8 Å². The Morgan fingerprint density at radius 2 is 1.86 bits per heavy atom. The van der Waals surface area contributed by atoms with Crippen molar-refractivity contribution in [3.63, 3.8) is 0 Å². The molecule has 0 saturated heterocycles. The molecule has 0 spiro atoms. The van der Waals surface area contributed by atoms with Crippen molar-refractivity contribution in [1.82, 2.24) is 0 Å². The summed E-state index contributed by atoms with van der Waals surface area (Å²) >= 11 is 1.76. The van der Waals surface area contributed by atoms with Crippen LogP contribution in [0.4, 0.5) is 0 Å². The van der Waals surface area contributed by atoms with Crippen molar-refractivity contribution < 1.29 is 0 Å². The van der Waals surface area contributed by atoms with Gasteiger partial charge in [-0.05, 0) is 29.9 Å². The van der Waals surface area contributed by atoms with Gasteiger partial charge in [0.2, 0.25) is 0 Å². The molecule has 0 aromatic heterocycles. The second-order valence-corrected chi connectivity index (χ2v) is 4.56. The van der Waals surface area contributed by atoms with Crippen LogP contribution in [-0.4, -0.2) is 6.26 Å². The second-order valence-electron chi connectivity index (χ2n) is 3.68. The predicted octanol–water partition coefficient (Wildman–Crippen LogP) is 3.45. The molecule has 1 rings (SSSR count). The van der Waals surface area contributed by atoms with E-state index in [2.05, 4.69) is 44.4 Å².